The molecular weight excluding hydrogens is 411 g/mol. The maximum atomic E-state index is 12.1. The monoisotopic (exact) mass is 430 g/mol. The van der Waals surface area contributed by atoms with E-state index in [9.17, 15) is 4.79 Å². The Labute approximate surface area is 179 Å². The number of hydrogen-bond donors (Lipinski definition) is 2. The quantitative estimate of drug-likeness (QED) is 0.485. The Morgan fingerprint density at radius 2 is 1.76 bits per heavy atom. The van der Waals surface area contributed by atoms with Crippen molar-refractivity contribution in [2.75, 3.05) is 24.4 Å². The van der Waals surface area contributed by atoms with Gasteiger partial charge < -0.3 is 20.1 Å². The van der Waals surface area contributed by atoms with Gasteiger partial charge in [-0.25, -0.2) is 0 Å². The molecular formula is C22H20Cl2N2O3. The van der Waals surface area contributed by atoms with Crippen molar-refractivity contribution in [3.8, 4) is 11.5 Å². The summed E-state index contributed by atoms with van der Waals surface area (Å²) in [5.41, 5.74) is 2.56. The predicted octanol–water partition coefficient (Wildman–Crippen LogP) is 5.63. The first-order chi connectivity index (χ1) is 14.0. The Morgan fingerprint density at radius 1 is 0.966 bits per heavy atom. The average Bonchev–Trinajstić information content (AvgIpc) is 2.72. The lowest BCUT2D eigenvalue weighted by atomic mass is 10.2. The summed E-state index contributed by atoms with van der Waals surface area (Å²) in [4.78, 5) is 12.1. The minimum absolute atomic E-state index is 0.147. The Hall–Kier alpha value is -2.89. The smallest absolute Gasteiger partial charge is 0.262 e. The van der Waals surface area contributed by atoms with Gasteiger partial charge in [-0.05, 0) is 60.2 Å². The molecule has 0 fully saturated rings. The van der Waals surface area contributed by atoms with Crippen LogP contribution in [0.25, 0.3) is 0 Å². The zero-order valence-corrected chi connectivity index (χ0v) is 17.3. The molecule has 0 aliphatic rings. The molecule has 1 amide bonds. The predicted molar refractivity (Wildman–Crippen MR) is 117 cm³/mol. The van der Waals surface area contributed by atoms with Crippen LogP contribution in [0.1, 0.15) is 5.56 Å². The number of ether oxygens (including phenoxy) is 2. The van der Waals surface area contributed by atoms with Crippen molar-refractivity contribution in [3.63, 3.8) is 0 Å². The fourth-order valence-corrected chi connectivity index (χ4v) is 3.04. The van der Waals surface area contributed by atoms with Crippen molar-refractivity contribution in [2.24, 2.45) is 0 Å². The van der Waals surface area contributed by atoms with Gasteiger partial charge in [0.25, 0.3) is 5.91 Å². The molecule has 3 aromatic rings. The van der Waals surface area contributed by atoms with Crippen LogP contribution in [0.15, 0.2) is 66.7 Å². The Morgan fingerprint density at radius 3 is 2.45 bits per heavy atom. The van der Waals surface area contributed by atoms with E-state index in [4.69, 9.17) is 32.7 Å². The van der Waals surface area contributed by atoms with Gasteiger partial charge in [-0.2, -0.15) is 0 Å². The van der Waals surface area contributed by atoms with Crippen molar-refractivity contribution < 1.29 is 14.3 Å². The van der Waals surface area contributed by atoms with E-state index in [1.165, 1.54) is 0 Å². The summed E-state index contributed by atoms with van der Waals surface area (Å²) in [5, 5.41) is 7.14. The van der Waals surface area contributed by atoms with Gasteiger partial charge in [-0.15, -0.1) is 0 Å². The Kier molecular flexibility index (Phi) is 7.22. The minimum Gasteiger partial charge on any atom is -0.497 e. The number of hydrogen-bond acceptors (Lipinski definition) is 4. The summed E-state index contributed by atoms with van der Waals surface area (Å²) in [5.74, 6) is 0.886. The molecule has 0 aromatic heterocycles. The standard InChI is InChI=1S/C22H20Cl2N2O3/c1-28-19-8-6-17(7-9-19)26-22(27)14-29-21-10-5-15(11-20(21)24)13-25-18-4-2-3-16(23)12-18/h2-12,25H,13-14H2,1H3,(H,26,27). The van der Waals surface area contributed by atoms with Gasteiger partial charge in [0, 0.05) is 22.9 Å². The van der Waals surface area contributed by atoms with E-state index in [2.05, 4.69) is 10.6 Å². The molecule has 0 unspecified atom stereocenters. The highest BCUT2D eigenvalue weighted by molar-refractivity contribution is 6.32. The molecule has 7 heteroatoms. The maximum absolute atomic E-state index is 12.1. The number of amides is 1. The number of carbonyl (C=O) groups excluding carboxylic acids is 1. The Bertz CT molecular complexity index is 978. The van der Waals surface area contributed by atoms with Crippen LogP contribution in [0.3, 0.4) is 0 Å². The molecule has 0 saturated carbocycles. The van der Waals surface area contributed by atoms with Crippen LogP contribution in [0.2, 0.25) is 10.0 Å². The highest BCUT2D eigenvalue weighted by Gasteiger charge is 2.08. The largest absolute Gasteiger partial charge is 0.497 e. The number of anilines is 2. The van der Waals surface area contributed by atoms with Crippen molar-refractivity contribution in [1.82, 2.24) is 0 Å². The van der Waals surface area contributed by atoms with Gasteiger partial charge in [0.2, 0.25) is 0 Å². The van der Waals surface area contributed by atoms with Crippen LogP contribution >= 0.6 is 23.2 Å². The summed E-state index contributed by atoms with van der Waals surface area (Å²) in [6.45, 7) is 0.435. The molecule has 0 radical (unpaired) electrons. The van der Waals surface area contributed by atoms with Crippen molar-refractivity contribution >= 4 is 40.5 Å². The molecule has 0 atom stereocenters. The first-order valence-corrected chi connectivity index (χ1v) is 9.63. The highest BCUT2D eigenvalue weighted by atomic mass is 35.5. The molecule has 3 aromatic carbocycles. The molecule has 0 bridgehead atoms. The molecule has 5 nitrogen and oxygen atoms in total. The zero-order valence-electron chi connectivity index (χ0n) is 15.7. The number of methoxy groups -OCH3 is 1. The van der Waals surface area contributed by atoms with Gasteiger partial charge in [-0.3, -0.25) is 4.79 Å². The van der Waals surface area contributed by atoms with E-state index < -0.39 is 0 Å². The molecule has 0 heterocycles. The van der Waals surface area contributed by atoms with E-state index in [0.717, 1.165) is 17.0 Å². The summed E-state index contributed by atoms with van der Waals surface area (Å²) in [7, 11) is 1.59. The van der Waals surface area contributed by atoms with Crippen molar-refractivity contribution in [3.05, 3.63) is 82.3 Å². The van der Waals surface area contributed by atoms with Gasteiger partial charge in [0.05, 0.1) is 12.1 Å². The van der Waals surface area contributed by atoms with Crippen LogP contribution in [0, 0.1) is 0 Å². The molecule has 0 aliphatic carbocycles. The molecule has 3 rings (SSSR count). The first-order valence-electron chi connectivity index (χ1n) is 8.88. The number of nitrogens with one attached hydrogen (secondary N) is 2. The molecule has 0 saturated heterocycles. The van der Waals surface area contributed by atoms with Gasteiger partial charge in [0.15, 0.2) is 6.61 Å². The number of carbonyl (C=O) groups is 1. The normalized spacial score (nSPS) is 10.3. The van der Waals surface area contributed by atoms with Crippen LogP contribution in [-0.2, 0) is 11.3 Å². The van der Waals surface area contributed by atoms with Gasteiger partial charge in [-0.1, -0.05) is 35.3 Å². The van der Waals surface area contributed by atoms with E-state index in [0.29, 0.717) is 28.0 Å². The molecule has 2 N–H and O–H groups in total. The number of rotatable bonds is 8. The van der Waals surface area contributed by atoms with Gasteiger partial charge in [0.1, 0.15) is 11.5 Å². The van der Waals surface area contributed by atoms with Crippen LogP contribution in [0.4, 0.5) is 11.4 Å². The third-order valence-electron chi connectivity index (χ3n) is 4.05. The Balaban J connectivity index is 1.51. The topological polar surface area (TPSA) is 59.6 Å². The summed E-state index contributed by atoms with van der Waals surface area (Å²) >= 11 is 12.3. The van der Waals surface area contributed by atoms with Crippen LogP contribution in [0.5, 0.6) is 11.5 Å². The molecule has 29 heavy (non-hydrogen) atoms. The molecule has 0 aliphatic heterocycles. The second kappa shape index (κ2) is 10.0. The highest BCUT2D eigenvalue weighted by Crippen LogP contribution is 2.26. The average molecular weight is 431 g/mol. The van der Waals surface area contributed by atoms with E-state index in [1.807, 2.05) is 30.3 Å². The SMILES string of the molecule is COc1ccc(NC(=O)COc2ccc(CNc3cccc(Cl)c3)cc2Cl)cc1. The maximum Gasteiger partial charge on any atom is 0.262 e. The lowest BCUT2D eigenvalue weighted by Gasteiger charge is -2.11. The molecule has 150 valence electrons. The first kappa shape index (κ1) is 20.8. The van der Waals surface area contributed by atoms with E-state index in [1.54, 1.807) is 43.5 Å². The number of halogens is 2. The number of benzene rings is 3. The fourth-order valence-electron chi connectivity index (χ4n) is 2.59. The third kappa shape index (κ3) is 6.31. The minimum atomic E-state index is -0.280. The second-order valence-electron chi connectivity index (χ2n) is 6.19. The van der Waals surface area contributed by atoms with Crippen molar-refractivity contribution in [1.29, 1.82) is 0 Å². The lowest BCUT2D eigenvalue weighted by molar-refractivity contribution is -0.118. The van der Waals surface area contributed by atoms with Crippen LogP contribution < -0.4 is 20.1 Å². The van der Waals surface area contributed by atoms with E-state index in [-0.39, 0.29) is 12.5 Å². The summed E-state index contributed by atoms with van der Waals surface area (Å²) in [6, 6.07) is 20.0. The molecule has 0 spiro atoms. The van der Waals surface area contributed by atoms with E-state index >= 15 is 0 Å². The summed E-state index contributed by atoms with van der Waals surface area (Å²) in [6.07, 6.45) is 0. The van der Waals surface area contributed by atoms with Crippen LogP contribution in [-0.4, -0.2) is 19.6 Å². The second-order valence-corrected chi connectivity index (χ2v) is 7.04. The van der Waals surface area contributed by atoms with Crippen molar-refractivity contribution in [2.45, 2.75) is 6.54 Å². The lowest BCUT2D eigenvalue weighted by Crippen LogP contribution is -2.20. The fraction of sp³-hybridized carbons (Fsp3) is 0.136. The van der Waals surface area contributed by atoms with Gasteiger partial charge >= 0.3 is 0 Å². The zero-order chi connectivity index (χ0) is 20.6. The summed E-state index contributed by atoms with van der Waals surface area (Å²) < 4.78 is 10.6. The third-order valence-corrected chi connectivity index (χ3v) is 4.58.